The van der Waals surface area contributed by atoms with E-state index in [1.54, 1.807) is 0 Å². The highest BCUT2D eigenvalue weighted by molar-refractivity contribution is 5.94. The van der Waals surface area contributed by atoms with Crippen LogP contribution >= 0.6 is 0 Å². The van der Waals surface area contributed by atoms with Crippen LogP contribution in [-0.4, -0.2) is 55.8 Å². The van der Waals surface area contributed by atoms with Gasteiger partial charge in [-0.15, -0.1) is 0 Å². The summed E-state index contributed by atoms with van der Waals surface area (Å²) in [5.41, 5.74) is -0.655. The third-order valence-electron chi connectivity index (χ3n) is 3.12. The fraction of sp³-hybridized carbons (Fsp3) is 0.125. The Hall–Kier alpha value is -3.66. The zero-order chi connectivity index (χ0) is 19.4. The molecule has 0 atom stereocenters. The molecule has 138 valence electrons. The van der Waals surface area contributed by atoms with Gasteiger partial charge in [-0.25, -0.2) is 9.59 Å². The summed E-state index contributed by atoms with van der Waals surface area (Å²) in [6, 6.07) is 3.37. The molecule has 2 aromatic carbocycles. The molecular formula is C16H14O10. The minimum absolute atomic E-state index is 0.270. The van der Waals surface area contributed by atoms with Gasteiger partial charge in [-0.3, -0.25) is 0 Å². The molecular weight excluding hydrogens is 352 g/mol. The molecule has 6 N–H and O–H groups in total. The number of aliphatic hydroxyl groups is 1. The van der Waals surface area contributed by atoms with Crippen LogP contribution in [0, 0.1) is 0 Å². The minimum atomic E-state index is -1.17. The van der Waals surface area contributed by atoms with Crippen molar-refractivity contribution in [2.24, 2.45) is 0 Å². The summed E-state index contributed by atoms with van der Waals surface area (Å²) < 4.78 is 9.49. The number of carbonyl (C=O) groups is 2. The van der Waals surface area contributed by atoms with E-state index in [2.05, 4.69) is 4.74 Å². The van der Waals surface area contributed by atoms with Crippen LogP contribution in [0.2, 0.25) is 0 Å². The number of hydrogen-bond donors (Lipinski definition) is 6. The first-order valence-corrected chi connectivity index (χ1v) is 7.05. The van der Waals surface area contributed by atoms with Crippen molar-refractivity contribution in [3.63, 3.8) is 0 Å². The number of benzene rings is 2. The number of aromatic hydroxyl groups is 5. The number of esters is 2. The fourth-order valence-electron chi connectivity index (χ4n) is 1.89. The van der Waals surface area contributed by atoms with Gasteiger partial charge < -0.3 is 40.1 Å². The van der Waals surface area contributed by atoms with Gasteiger partial charge in [0.2, 0.25) is 5.75 Å². The maximum Gasteiger partial charge on any atom is 0.343 e. The molecule has 26 heavy (non-hydrogen) atoms. The van der Waals surface area contributed by atoms with Gasteiger partial charge in [-0.05, 0) is 24.3 Å². The van der Waals surface area contributed by atoms with Crippen LogP contribution in [0.5, 0.6) is 34.5 Å². The number of phenolic OH excluding ortho intramolecular Hbond substituents is 5. The topological polar surface area (TPSA) is 174 Å². The first-order valence-electron chi connectivity index (χ1n) is 7.05. The molecule has 2 rings (SSSR count). The molecule has 0 aromatic heterocycles. The predicted molar refractivity (Wildman–Crippen MR) is 83.5 cm³/mol. The summed E-state index contributed by atoms with van der Waals surface area (Å²) in [5, 5.41) is 56.1. The number of hydrogen-bond acceptors (Lipinski definition) is 10. The predicted octanol–water partition coefficient (Wildman–Crippen LogP) is 0.583. The van der Waals surface area contributed by atoms with Gasteiger partial charge in [-0.1, -0.05) is 0 Å². The lowest BCUT2D eigenvalue weighted by Crippen LogP contribution is -2.11. The maximum atomic E-state index is 12.1. The second-order valence-corrected chi connectivity index (χ2v) is 4.95. The number of phenols is 5. The molecule has 0 radical (unpaired) electrons. The number of ether oxygens (including phenoxy) is 2. The zero-order valence-electron chi connectivity index (χ0n) is 13.0. The molecule has 0 unspecified atom stereocenters. The highest BCUT2D eigenvalue weighted by Crippen LogP contribution is 2.39. The van der Waals surface area contributed by atoms with Crippen LogP contribution < -0.4 is 4.74 Å². The average Bonchev–Trinajstić information content (AvgIpc) is 2.60. The number of aliphatic hydroxyl groups excluding tert-OH is 1. The lowest BCUT2D eigenvalue weighted by Gasteiger charge is -2.11. The van der Waals surface area contributed by atoms with Crippen LogP contribution in [0.1, 0.15) is 20.7 Å². The van der Waals surface area contributed by atoms with E-state index in [0.717, 1.165) is 24.3 Å². The van der Waals surface area contributed by atoms with Gasteiger partial charge in [0.05, 0.1) is 17.7 Å². The van der Waals surface area contributed by atoms with E-state index in [9.17, 15) is 35.1 Å². The van der Waals surface area contributed by atoms with Crippen molar-refractivity contribution in [3.05, 3.63) is 35.4 Å². The van der Waals surface area contributed by atoms with Crippen LogP contribution in [0.3, 0.4) is 0 Å². The quantitative estimate of drug-likeness (QED) is 0.249. The molecule has 0 spiro atoms. The smallest absolute Gasteiger partial charge is 0.343 e. The van der Waals surface area contributed by atoms with Gasteiger partial charge in [0.25, 0.3) is 0 Å². The summed E-state index contributed by atoms with van der Waals surface area (Å²) in [7, 11) is 0. The molecule has 0 aliphatic carbocycles. The Morgan fingerprint density at radius 1 is 0.769 bits per heavy atom. The standard InChI is InChI=1S/C16H14O10/c17-1-2-25-15(23)8-5-11(20)14(22)12(6-8)26-16(24)7-3-9(18)13(21)10(19)4-7/h3-6,17-22H,1-2H2. The second kappa shape index (κ2) is 7.49. The van der Waals surface area contributed by atoms with Crippen molar-refractivity contribution in [1.29, 1.82) is 0 Å². The maximum absolute atomic E-state index is 12.1. The van der Waals surface area contributed by atoms with Crippen molar-refractivity contribution >= 4 is 11.9 Å². The molecule has 10 heteroatoms. The van der Waals surface area contributed by atoms with Gasteiger partial charge in [0, 0.05) is 0 Å². The number of carbonyl (C=O) groups excluding carboxylic acids is 2. The SMILES string of the molecule is O=C(OCCO)c1cc(O)c(O)c(OC(=O)c2cc(O)c(O)c(O)c2)c1. The van der Waals surface area contributed by atoms with E-state index < -0.39 is 53.0 Å². The Balaban J connectivity index is 2.32. The fourth-order valence-corrected chi connectivity index (χ4v) is 1.89. The molecule has 0 bridgehead atoms. The molecule has 0 saturated carbocycles. The summed E-state index contributed by atoms with van der Waals surface area (Å²) in [6.07, 6.45) is 0. The number of rotatable bonds is 5. The largest absolute Gasteiger partial charge is 0.504 e. The highest BCUT2D eigenvalue weighted by atomic mass is 16.5. The Morgan fingerprint density at radius 2 is 1.27 bits per heavy atom. The van der Waals surface area contributed by atoms with E-state index in [1.165, 1.54) is 0 Å². The van der Waals surface area contributed by atoms with E-state index in [1.807, 2.05) is 0 Å². The van der Waals surface area contributed by atoms with Crippen LogP contribution in [-0.2, 0) is 4.74 Å². The average molecular weight is 366 g/mol. The van der Waals surface area contributed by atoms with Crippen molar-refractivity contribution in [2.45, 2.75) is 0 Å². The summed E-state index contributed by atoms with van der Waals surface area (Å²) >= 11 is 0. The molecule has 0 amide bonds. The van der Waals surface area contributed by atoms with Crippen LogP contribution in [0.25, 0.3) is 0 Å². The monoisotopic (exact) mass is 366 g/mol. The molecule has 0 fully saturated rings. The molecule has 0 aliphatic heterocycles. The summed E-state index contributed by atoms with van der Waals surface area (Å²) in [4.78, 5) is 23.8. The Kier molecular flexibility index (Phi) is 5.38. The van der Waals surface area contributed by atoms with Gasteiger partial charge in [0.15, 0.2) is 28.7 Å². The van der Waals surface area contributed by atoms with Crippen molar-refractivity contribution in [2.75, 3.05) is 13.2 Å². The molecule has 0 saturated heterocycles. The first-order chi connectivity index (χ1) is 12.2. The first kappa shape index (κ1) is 18.7. The Bertz CT molecular complexity index is 835. The Labute approximate surface area is 145 Å². The van der Waals surface area contributed by atoms with E-state index in [4.69, 9.17) is 9.84 Å². The second-order valence-electron chi connectivity index (χ2n) is 4.95. The Morgan fingerprint density at radius 3 is 1.81 bits per heavy atom. The van der Waals surface area contributed by atoms with E-state index in [-0.39, 0.29) is 17.7 Å². The zero-order valence-corrected chi connectivity index (χ0v) is 13.0. The van der Waals surface area contributed by atoms with E-state index >= 15 is 0 Å². The lowest BCUT2D eigenvalue weighted by molar-refractivity contribution is 0.0432. The van der Waals surface area contributed by atoms with Gasteiger partial charge in [-0.2, -0.15) is 0 Å². The van der Waals surface area contributed by atoms with Crippen LogP contribution in [0.15, 0.2) is 24.3 Å². The third-order valence-corrected chi connectivity index (χ3v) is 3.12. The van der Waals surface area contributed by atoms with Crippen molar-refractivity contribution < 1.29 is 49.7 Å². The summed E-state index contributed by atoms with van der Waals surface area (Å²) in [5.74, 6) is -6.76. The lowest BCUT2D eigenvalue weighted by atomic mass is 10.1. The molecule has 0 heterocycles. The van der Waals surface area contributed by atoms with Gasteiger partial charge >= 0.3 is 11.9 Å². The van der Waals surface area contributed by atoms with Crippen molar-refractivity contribution in [1.82, 2.24) is 0 Å². The van der Waals surface area contributed by atoms with Crippen LogP contribution in [0.4, 0.5) is 0 Å². The van der Waals surface area contributed by atoms with Gasteiger partial charge in [0.1, 0.15) is 6.61 Å². The normalized spacial score (nSPS) is 10.3. The third kappa shape index (κ3) is 3.87. The van der Waals surface area contributed by atoms with E-state index in [0.29, 0.717) is 0 Å². The molecule has 10 nitrogen and oxygen atoms in total. The molecule has 0 aliphatic rings. The molecule has 2 aromatic rings. The minimum Gasteiger partial charge on any atom is -0.504 e. The summed E-state index contributed by atoms with van der Waals surface area (Å²) in [6.45, 7) is -0.729. The highest BCUT2D eigenvalue weighted by Gasteiger charge is 2.21. The van der Waals surface area contributed by atoms with Crippen molar-refractivity contribution in [3.8, 4) is 34.5 Å².